The number of benzene rings is 1. The van der Waals surface area contributed by atoms with E-state index in [-0.39, 0.29) is 5.82 Å². The van der Waals surface area contributed by atoms with E-state index in [4.69, 9.17) is 11.6 Å². The van der Waals surface area contributed by atoms with Gasteiger partial charge in [0.25, 0.3) is 0 Å². The molecule has 104 valence electrons. The van der Waals surface area contributed by atoms with Gasteiger partial charge in [0.15, 0.2) is 0 Å². The van der Waals surface area contributed by atoms with E-state index in [1.165, 1.54) is 17.2 Å². The number of thiophene rings is 1. The van der Waals surface area contributed by atoms with Crippen LogP contribution in [0.3, 0.4) is 0 Å². The summed E-state index contributed by atoms with van der Waals surface area (Å²) in [7, 11) is 0. The fourth-order valence-corrected chi connectivity index (χ4v) is 3.55. The Labute approximate surface area is 133 Å². The van der Waals surface area contributed by atoms with Crippen LogP contribution in [0.25, 0.3) is 11.0 Å². The molecule has 0 amide bonds. The zero-order valence-corrected chi connectivity index (χ0v) is 13.8. The molecule has 3 aromatic rings. The molecule has 0 unspecified atom stereocenters. The highest BCUT2D eigenvalue weighted by atomic mass is 79.9. The van der Waals surface area contributed by atoms with Gasteiger partial charge in [-0.05, 0) is 50.8 Å². The molecule has 0 saturated heterocycles. The Hall–Kier alpha value is -0.910. The van der Waals surface area contributed by atoms with Crippen LogP contribution < -0.4 is 0 Å². The first-order valence-corrected chi connectivity index (χ1v) is 8.29. The predicted molar refractivity (Wildman–Crippen MR) is 85.1 cm³/mol. The third kappa shape index (κ3) is 2.38. The molecule has 0 radical (unpaired) electrons. The van der Waals surface area contributed by atoms with Crippen LogP contribution in [0.5, 0.6) is 0 Å². The molecule has 0 N–H and O–H groups in total. The van der Waals surface area contributed by atoms with Gasteiger partial charge in [-0.25, -0.2) is 9.37 Å². The van der Waals surface area contributed by atoms with E-state index in [1.807, 2.05) is 4.57 Å². The van der Waals surface area contributed by atoms with Crippen LogP contribution in [0.2, 0.25) is 0 Å². The molecule has 0 spiro atoms. The first kappa shape index (κ1) is 14.0. The van der Waals surface area contributed by atoms with Crippen LogP contribution in [-0.2, 0) is 12.4 Å². The zero-order valence-electron chi connectivity index (χ0n) is 10.7. The first-order valence-electron chi connectivity index (χ1n) is 6.02. The van der Waals surface area contributed by atoms with Crippen LogP contribution in [0, 0.1) is 12.7 Å². The van der Waals surface area contributed by atoms with Gasteiger partial charge in [-0.2, -0.15) is 11.3 Å². The molecule has 0 aliphatic carbocycles. The molecule has 0 aliphatic heterocycles. The molecule has 2 heterocycles. The van der Waals surface area contributed by atoms with E-state index in [1.54, 1.807) is 17.4 Å². The quantitative estimate of drug-likeness (QED) is 0.584. The summed E-state index contributed by atoms with van der Waals surface area (Å²) in [5.74, 6) is 0.747. The highest BCUT2D eigenvalue weighted by Crippen LogP contribution is 2.26. The van der Waals surface area contributed by atoms with Crippen molar-refractivity contribution in [1.29, 1.82) is 0 Å². The van der Waals surface area contributed by atoms with Gasteiger partial charge in [0.1, 0.15) is 11.6 Å². The van der Waals surface area contributed by atoms with Crippen LogP contribution in [-0.4, -0.2) is 9.55 Å². The third-order valence-electron chi connectivity index (χ3n) is 3.28. The zero-order chi connectivity index (χ0) is 14.3. The number of nitrogens with zero attached hydrogens (tertiary/aromatic N) is 2. The highest BCUT2D eigenvalue weighted by molar-refractivity contribution is 9.10. The SMILES string of the molecule is Cc1cscc1Cn1c(CCl)nc2cc(F)c(Br)cc21. The van der Waals surface area contributed by atoms with Crippen molar-refractivity contribution in [1.82, 2.24) is 9.55 Å². The number of imidazole rings is 1. The summed E-state index contributed by atoms with van der Waals surface area (Å²) in [6.45, 7) is 2.78. The second-order valence-electron chi connectivity index (χ2n) is 4.58. The Bertz CT molecular complexity index is 781. The van der Waals surface area contributed by atoms with Crippen molar-refractivity contribution >= 4 is 49.9 Å². The van der Waals surface area contributed by atoms with E-state index in [0.717, 1.165) is 11.3 Å². The van der Waals surface area contributed by atoms with E-state index in [0.29, 0.717) is 22.4 Å². The summed E-state index contributed by atoms with van der Waals surface area (Å²) >= 11 is 10.9. The lowest BCUT2D eigenvalue weighted by molar-refractivity contribution is 0.622. The van der Waals surface area contributed by atoms with Crippen molar-refractivity contribution in [2.75, 3.05) is 0 Å². The van der Waals surface area contributed by atoms with Gasteiger partial charge >= 0.3 is 0 Å². The molecule has 0 atom stereocenters. The lowest BCUT2D eigenvalue weighted by atomic mass is 10.2. The number of aryl methyl sites for hydroxylation is 1. The fraction of sp³-hybridized carbons (Fsp3) is 0.214. The Balaban J connectivity index is 2.17. The summed E-state index contributed by atoms with van der Waals surface area (Å²) in [5.41, 5.74) is 4.01. The van der Waals surface area contributed by atoms with Gasteiger partial charge in [-0.15, -0.1) is 11.6 Å². The van der Waals surface area contributed by atoms with Gasteiger partial charge in [-0.1, -0.05) is 0 Å². The number of rotatable bonds is 3. The van der Waals surface area contributed by atoms with Gasteiger partial charge in [0, 0.05) is 6.07 Å². The lowest BCUT2D eigenvalue weighted by Gasteiger charge is -2.08. The largest absolute Gasteiger partial charge is 0.322 e. The minimum atomic E-state index is -0.310. The molecule has 0 bridgehead atoms. The Morgan fingerprint density at radius 1 is 1.40 bits per heavy atom. The van der Waals surface area contributed by atoms with Crippen molar-refractivity contribution in [3.63, 3.8) is 0 Å². The molecule has 0 saturated carbocycles. The molecule has 0 aliphatic rings. The number of hydrogen-bond acceptors (Lipinski definition) is 2. The van der Waals surface area contributed by atoms with Crippen LogP contribution in [0.15, 0.2) is 27.4 Å². The number of halogens is 3. The number of alkyl halides is 1. The molecule has 0 fully saturated rings. The van der Waals surface area contributed by atoms with Crippen molar-refractivity contribution in [2.45, 2.75) is 19.3 Å². The standard InChI is InChI=1S/C14H11BrClFN2S/c1-8-6-20-7-9(8)5-19-13-2-10(15)11(17)3-12(13)18-14(19)4-16/h2-3,6-7H,4-5H2,1H3. The van der Waals surface area contributed by atoms with E-state index in [9.17, 15) is 4.39 Å². The lowest BCUT2D eigenvalue weighted by Crippen LogP contribution is -2.04. The van der Waals surface area contributed by atoms with E-state index >= 15 is 0 Å². The molecule has 2 aromatic heterocycles. The Morgan fingerprint density at radius 2 is 2.20 bits per heavy atom. The highest BCUT2D eigenvalue weighted by Gasteiger charge is 2.14. The number of hydrogen-bond donors (Lipinski definition) is 0. The van der Waals surface area contributed by atoms with Gasteiger partial charge in [0.2, 0.25) is 0 Å². The number of fused-ring (bicyclic) bond motifs is 1. The van der Waals surface area contributed by atoms with Crippen LogP contribution >= 0.6 is 38.9 Å². The van der Waals surface area contributed by atoms with Crippen molar-refractivity contribution in [2.24, 2.45) is 0 Å². The van der Waals surface area contributed by atoms with Crippen molar-refractivity contribution in [3.05, 3.63) is 50.1 Å². The van der Waals surface area contributed by atoms with Gasteiger partial charge < -0.3 is 4.57 Å². The predicted octanol–water partition coefficient (Wildman–Crippen LogP) is 5.09. The second-order valence-corrected chi connectivity index (χ2v) is 6.45. The minimum Gasteiger partial charge on any atom is -0.322 e. The molecule has 3 rings (SSSR count). The van der Waals surface area contributed by atoms with E-state index < -0.39 is 0 Å². The van der Waals surface area contributed by atoms with Crippen LogP contribution in [0.4, 0.5) is 4.39 Å². The first-order chi connectivity index (χ1) is 9.60. The maximum atomic E-state index is 13.6. The summed E-state index contributed by atoms with van der Waals surface area (Å²) in [6, 6.07) is 3.20. The van der Waals surface area contributed by atoms with Gasteiger partial charge in [-0.3, -0.25) is 0 Å². The third-order valence-corrected chi connectivity index (χ3v) is 5.04. The molecule has 2 nitrogen and oxygen atoms in total. The van der Waals surface area contributed by atoms with Crippen molar-refractivity contribution in [3.8, 4) is 0 Å². The molecule has 6 heteroatoms. The van der Waals surface area contributed by atoms with Crippen LogP contribution in [0.1, 0.15) is 17.0 Å². The molecular weight excluding hydrogens is 363 g/mol. The second kappa shape index (κ2) is 5.47. The fourth-order valence-electron chi connectivity index (χ4n) is 2.17. The van der Waals surface area contributed by atoms with Crippen molar-refractivity contribution < 1.29 is 4.39 Å². The normalized spacial score (nSPS) is 11.4. The Kier molecular flexibility index (Phi) is 3.84. The average molecular weight is 374 g/mol. The summed E-state index contributed by atoms with van der Waals surface area (Å²) in [4.78, 5) is 4.42. The topological polar surface area (TPSA) is 17.8 Å². The molecule has 20 heavy (non-hydrogen) atoms. The minimum absolute atomic E-state index is 0.303. The Morgan fingerprint density at radius 3 is 2.85 bits per heavy atom. The maximum absolute atomic E-state index is 13.6. The van der Waals surface area contributed by atoms with E-state index in [2.05, 4.69) is 38.6 Å². The number of aromatic nitrogens is 2. The average Bonchev–Trinajstić information content (AvgIpc) is 2.96. The van der Waals surface area contributed by atoms with Gasteiger partial charge in [0.05, 0.1) is 27.9 Å². The molecular formula is C14H11BrClFN2S. The molecule has 1 aromatic carbocycles. The monoisotopic (exact) mass is 372 g/mol. The summed E-state index contributed by atoms with van der Waals surface area (Å²) in [6.07, 6.45) is 0. The smallest absolute Gasteiger partial charge is 0.139 e. The summed E-state index contributed by atoms with van der Waals surface area (Å²) < 4.78 is 16.1. The summed E-state index contributed by atoms with van der Waals surface area (Å²) in [5, 5.41) is 4.24. The maximum Gasteiger partial charge on any atom is 0.139 e.